The molecule has 0 atom stereocenters. The number of rotatable bonds is 3. The molecule has 3 aromatic rings. The van der Waals surface area contributed by atoms with Crippen LogP contribution in [0.3, 0.4) is 0 Å². The molecule has 2 aromatic carbocycles. The number of carbonyl (C=O) groups excluding carboxylic acids is 1. The Bertz CT molecular complexity index is 954. The summed E-state index contributed by atoms with van der Waals surface area (Å²) < 4.78 is 0. The first-order valence-corrected chi connectivity index (χ1v) is 7.69. The monoisotopic (exact) mass is 328 g/mol. The predicted octanol–water partition coefficient (Wildman–Crippen LogP) is 3.35. The largest absolute Gasteiger partial charge is 0.382 e. The van der Waals surface area contributed by atoms with Crippen molar-refractivity contribution in [3.63, 3.8) is 0 Å². The fourth-order valence-electron chi connectivity index (χ4n) is 2.29. The molecule has 1 heterocycles. The lowest BCUT2D eigenvalue weighted by Gasteiger charge is -2.08. The number of hydrogen-bond acceptors (Lipinski definition) is 4. The molecule has 1 amide bonds. The Balaban J connectivity index is 1.89. The number of hydrogen-bond donors (Lipinski definition) is 2. The first kappa shape index (κ1) is 16.2. The first-order chi connectivity index (χ1) is 12.2. The van der Waals surface area contributed by atoms with E-state index < -0.39 is 5.91 Å². The van der Waals surface area contributed by atoms with Crippen molar-refractivity contribution in [3.8, 4) is 23.1 Å². The van der Waals surface area contributed by atoms with E-state index in [9.17, 15) is 4.79 Å². The van der Waals surface area contributed by atoms with Gasteiger partial charge in [-0.05, 0) is 31.2 Å². The van der Waals surface area contributed by atoms with Gasteiger partial charge in [0.1, 0.15) is 0 Å². The van der Waals surface area contributed by atoms with Crippen molar-refractivity contribution in [3.05, 3.63) is 72.1 Å². The number of aromatic nitrogens is 2. The van der Waals surface area contributed by atoms with E-state index in [-0.39, 0.29) is 11.5 Å². The zero-order chi connectivity index (χ0) is 17.6. The summed E-state index contributed by atoms with van der Waals surface area (Å²) in [6.07, 6.45) is 1.55. The summed E-state index contributed by atoms with van der Waals surface area (Å²) in [7, 11) is 0. The molecule has 3 N–H and O–H groups in total. The van der Waals surface area contributed by atoms with E-state index >= 15 is 0 Å². The van der Waals surface area contributed by atoms with Gasteiger partial charge in [-0.1, -0.05) is 36.3 Å². The number of nitrogens with zero attached hydrogens (tertiary/aromatic N) is 2. The molecule has 122 valence electrons. The molecule has 0 fully saturated rings. The summed E-state index contributed by atoms with van der Waals surface area (Å²) in [5, 5.41) is 2.76. The molecule has 0 aliphatic carbocycles. The molecule has 0 saturated heterocycles. The van der Waals surface area contributed by atoms with Crippen LogP contribution in [0.1, 0.15) is 23.0 Å². The van der Waals surface area contributed by atoms with Gasteiger partial charge in [0, 0.05) is 16.8 Å². The maximum atomic E-state index is 12.4. The summed E-state index contributed by atoms with van der Waals surface area (Å²) in [6, 6.07) is 16.7. The molecule has 0 bridgehead atoms. The van der Waals surface area contributed by atoms with Gasteiger partial charge in [0.15, 0.2) is 11.5 Å². The molecular weight excluding hydrogens is 312 g/mol. The predicted molar refractivity (Wildman–Crippen MR) is 98.8 cm³/mol. The van der Waals surface area contributed by atoms with E-state index in [0.717, 1.165) is 11.1 Å². The highest BCUT2D eigenvalue weighted by molar-refractivity contribution is 6.05. The Morgan fingerprint density at radius 1 is 1.08 bits per heavy atom. The van der Waals surface area contributed by atoms with Gasteiger partial charge in [0.2, 0.25) is 0 Å². The summed E-state index contributed by atoms with van der Waals surface area (Å²) in [5.74, 6) is 5.52. The Hall–Kier alpha value is -3.65. The van der Waals surface area contributed by atoms with Gasteiger partial charge in [-0.2, -0.15) is 0 Å². The van der Waals surface area contributed by atoms with Gasteiger partial charge in [-0.25, -0.2) is 9.97 Å². The summed E-state index contributed by atoms with van der Waals surface area (Å²) in [6.45, 7) is 1.79. The van der Waals surface area contributed by atoms with Gasteiger partial charge in [0.25, 0.3) is 5.91 Å². The normalized spacial score (nSPS) is 9.80. The lowest BCUT2D eigenvalue weighted by atomic mass is 10.1. The van der Waals surface area contributed by atoms with Crippen LogP contribution in [0.25, 0.3) is 11.3 Å². The van der Waals surface area contributed by atoms with Gasteiger partial charge >= 0.3 is 0 Å². The second-order valence-electron chi connectivity index (χ2n) is 5.26. The fourth-order valence-corrected chi connectivity index (χ4v) is 2.29. The SMILES string of the molecule is CC#Cc1ccc(-c2cnc(N)c(C(=O)Nc3ccccc3)n2)cc1. The van der Waals surface area contributed by atoms with Gasteiger partial charge < -0.3 is 11.1 Å². The number of anilines is 2. The second-order valence-corrected chi connectivity index (χ2v) is 5.26. The number of nitrogen functional groups attached to an aromatic ring is 1. The lowest BCUT2D eigenvalue weighted by molar-refractivity contribution is 0.102. The minimum Gasteiger partial charge on any atom is -0.382 e. The van der Waals surface area contributed by atoms with Crippen LogP contribution in [0.5, 0.6) is 0 Å². The Morgan fingerprint density at radius 3 is 2.48 bits per heavy atom. The number of benzene rings is 2. The van der Waals surface area contributed by atoms with E-state index in [1.165, 1.54) is 0 Å². The summed E-state index contributed by atoms with van der Waals surface area (Å²) >= 11 is 0. The zero-order valence-corrected chi connectivity index (χ0v) is 13.7. The molecule has 1 aromatic heterocycles. The average Bonchev–Trinajstić information content (AvgIpc) is 2.64. The van der Waals surface area contributed by atoms with Gasteiger partial charge in [-0.3, -0.25) is 4.79 Å². The topological polar surface area (TPSA) is 80.9 Å². The molecule has 5 nitrogen and oxygen atoms in total. The van der Waals surface area contributed by atoms with E-state index in [4.69, 9.17) is 5.73 Å². The number of nitrogens with two attached hydrogens (primary N) is 1. The van der Waals surface area contributed by atoms with Crippen molar-refractivity contribution >= 4 is 17.4 Å². The molecule has 0 unspecified atom stereocenters. The van der Waals surface area contributed by atoms with Gasteiger partial charge in [0.05, 0.1) is 11.9 Å². The van der Waals surface area contributed by atoms with Crippen LogP contribution < -0.4 is 11.1 Å². The van der Waals surface area contributed by atoms with Crippen molar-refractivity contribution in [2.45, 2.75) is 6.92 Å². The van der Waals surface area contributed by atoms with Crippen LogP contribution in [-0.4, -0.2) is 15.9 Å². The number of nitrogens with one attached hydrogen (secondary N) is 1. The zero-order valence-electron chi connectivity index (χ0n) is 13.7. The maximum Gasteiger partial charge on any atom is 0.278 e. The Morgan fingerprint density at radius 2 is 1.80 bits per heavy atom. The van der Waals surface area contributed by atoms with Crippen molar-refractivity contribution in [2.75, 3.05) is 11.1 Å². The third-order valence-corrected chi connectivity index (χ3v) is 3.50. The number of para-hydroxylation sites is 1. The van der Waals surface area contributed by atoms with Crippen molar-refractivity contribution in [1.29, 1.82) is 0 Å². The molecule has 0 saturated carbocycles. The minimum atomic E-state index is -0.397. The van der Waals surface area contributed by atoms with Gasteiger partial charge in [-0.15, -0.1) is 5.92 Å². The molecule has 0 radical (unpaired) electrons. The molecule has 0 spiro atoms. The average molecular weight is 328 g/mol. The van der Waals surface area contributed by atoms with Crippen LogP contribution in [-0.2, 0) is 0 Å². The van der Waals surface area contributed by atoms with Crippen molar-refractivity contribution in [1.82, 2.24) is 9.97 Å². The molecule has 25 heavy (non-hydrogen) atoms. The molecule has 0 aliphatic rings. The van der Waals surface area contributed by atoms with Crippen LogP contribution in [0.15, 0.2) is 60.8 Å². The minimum absolute atomic E-state index is 0.0886. The molecule has 0 aliphatic heterocycles. The van der Waals surface area contributed by atoms with Crippen LogP contribution in [0, 0.1) is 11.8 Å². The van der Waals surface area contributed by atoms with E-state index in [1.807, 2.05) is 42.5 Å². The maximum absolute atomic E-state index is 12.4. The highest BCUT2D eigenvalue weighted by Crippen LogP contribution is 2.20. The molecule has 5 heteroatoms. The molecular formula is C20H16N4O. The van der Waals surface area contributed by atoms with E-state index in [1.54, 1.807) is 25.3 Å². The van der Waals surface area contributed by atoms with E-state index in [0.29, 0.717) is 11.4 Å². The quantitative estimate of drug-likeness (QED) is 0.723. The third-order valence-electron chi connectivity index (χ3n) is 3.50. The lowest BCUT2D eigenvalue weighted by Crippen LogP contribution is -2.17. The highest BCUT2D eigenvalue weighted by atomic mass is 16.1. The van der Waals surface area contributed by atoms with Crippen molar-refractivity contribution < 1.29 is 4.79 Å². The number of amides is 1. The van der Waals surface area contributed by atoms with Crippen LogP contribution in [0.2, 0.25) is 0 Å². The van der Waals surface area contributed by atoms with E-state index in [2.05, 4.69) is 27.1 Å². The van der Waals surface area contributed by atoms with Crippen LogP contribution in [0.4, 0.5) is 11.5 Å². The first-order valence-electron chi connectivity index (χ1n) is 7.69. The summed E-state index contributed by atoms with van der Waals surface area (Å²) in [4.78, 5) is 20.9. The highest BCUT2D eigenvalue weighted by Gasteiger charge is 2.15. The smallest absolute Gasteiger partial charge is 0.278 e. The number of carbonyl (C=O) groups is 1. The molecule has 3 rings (SSSR count). The summed E-state index contributed by atoms with van der Waals surface area (Å²) in [5.41, 5.74) is 8.92. The van der Waals surface area contributed by atoms with Crippen LogP contribution >= 0.6 is 0 Å². The second kappa shape index (κ2) is 7.28. The Kier molecular flexibility index (Phi) is 4.72. The fraction of sp³-hybridized carbons (Fsp3) is 0.0500. The standard InChI is InChI=1S/C20H16N4O/c1-2-6-14-9-11-15(12-10-14)17-13-22-19(21)18(24-17)20(25)23-16-7-4-3-5-8-16/h3-5,7-13H,1H3,(H2,21,22)(H,23,25). The third kappa shape index (κ3) is 3.82. The Labute approximate surface area is 145 Å². The van der Waals surface area contributed by atoms with Crippen molar-refractivity contribution in [2.24, 2.45) is 0 Å².